The van der Waals surface area contributed by atoms with Crippen LogP contribution in [0.25, 0.3) is 21.9 Å². The van der Waals surface area contributed by atoms with Gasteiger partial charge in [0.15, 0.2) is 5.79 Å². The molecule has 2 aromatic carbocycles. The topological polar surface area (TPSA) is 98.4 Å². The highest BCUT2D eigenvalue weighted by atomic mass is 16.8. The van der Waals surface area contributed by atoms with Gasteiger partial charge in [-0.1, -0.05) is 0 Å². The molecule has 2 N–H and O–H groups in total. The normalized spacial score (nSPS) is 25.9. The first-order chi connectivity index (χ1) is 13.2. The molecule has 146 valence electrons. The molecule has 2 atom stereocenters. The van der Waals surface area contributed by atoms with E-state index in [4.69, 9.17) is 18.6 Å². The summed E-state index contributed by atoms with van der Waals surface area (Å²) in [5.74, 6) is -0.557. The van der Waals surface area contributed by atoms with E-state index in [1.165, 1.54) is 6.07 Å². The highest BCUT2D eigenvalue weighted by molar-refractivity contribution is 5.95. The molecule has 1 aromatic heterocycles. The standard InChI is InChI=1S/C21H20O7/c1-20(2)25-9-21(3,28-20)16-8-12-14(26-16)5-4-11-18(24)17-13(23)6-10(22)7-15(17)27-19(11)12/h4-7,16,22-23H,8-9H2,1-3H3/t16-,21?/m1/s1. The van der Waals surface area contributed by atoms with Crippen molar-refractivity contribution in [3.8, 4) is 17.2 Å². The smallest absolute Gasteiger partial charge is 0.204 e. The Morgan fingerprint density at radius 3 is 2.64 bits per heavy atom. The molecule has 2 aliphatic rings. The van der Waals surface area contributed by atoms with E-state index in [1.807, 2.05) is 20.8 Å². The maximum Gasteiger partial charge on any atom is 0.204 e. The first-order valence-electron chi connectivity index (χ1n) is 9.12. The molecule has 1 unspecified atom stereocenters. The van der Waals surface area contributed by atoms with Crippen LogP contribution in [-0.4, -0.2) is 34.3 Å². The van der Waals surface area contributed by atoms with E-state index < -0.39 is 11.4 Å². The molecule has 28 heavy (non-hydrogen) atoms. The van der Waals surface area contributed by atoms with E-state index in [1.54, 1.807) is 12.1 Å². The van der Waals surface area contributed by atoms with Gasteiger partial charge in [-0.15, -0.1) is 0 Å². The van der Waals surface area contributed by atoms with E-state index in [9.17, 15) is 15.0 Å². The maximum atomic E-state index is 12.9. The van der Waals surface area contributed by atoms with Crippen molar-refractivity contribution >= 4 is 21.9 Å². The van der Waals surface area contributed by atoms with Gasteiger partial charge in [-0.25, -0.2) is 0 Å². The van der Waals surface area contributed by atoms with E-state index >= 15 is 0 Å². The van der Waals surface area contributed by atoms with E-state index in [-0.39, 0.29) is 34.0 Å². The molecular weight excluding hydrogens is 364 g/mol. The molecule has 3 aromatic rings. The zero-order chi connectivity index (χ0) is 19.8. The van der Waals surface area contributed by atoms with Crippen molar-refractivity contribution in [3.05, 3.63) is 40.1 Å². The number of benzene rings is 2. The number of hydrogen-bond donors (Lipinski definition) is 2. The second-order valence-electron chi connectivity index (χ2n) is 8.10. The van der Waals surface area contributed by atoms with Crippen molar-refractivity contribution < 1.29 is 28.8 Å². The molecule has 0 saturated carbocycles. The lowest BCUT2D eigenvalue weighted by Crippen LogP contribution is -2.45. The lowest BCUT2D eigenvalue weighted by atomic mass is 9.95. The first kappa shape index (κ1) is 17.3. The van der Waals surface area contributed by atoms with Gasteiger partial charge in [-0.2, -0.15) is 0 Å². The van der Waals surface area contributed by atoms with Crippen molar-refractivity contribution in [3.63, 3.8) is 0 Å². The van der Waals surface area contributed by atoms with Crippen molar-refractivity contribution in [2.24, 2.45) is 0 Å². The summed E-state index contributed by atoms with van der Waals surface area (Å²) in [6.07, 6.45) is 0.190. The van der Waals surface area contributed by atoms with E-state index in [0.717, 1.165) is 11.6 Å². The Morgan fingerprint density at radius 2 is 1.93 bits per heavy atom. The second kappa shape index (κ2) is 5.40. The number of hydrogen-bond acceptors (Lipinski definition) is 7. The number of ether oxygens (including phenoxy) is 3. The summed E-state index contributed by atoms with van der Waals surface area (Å²) in [5, 5.41) is 20.2. The number of phenols is 2. The molecule has 7 heteroatoms. The summed E-state index contributed by atoms with van der Waals surface area (Å²) in [7, 11) is 0. The lowest BCUT2D eigenvalue weighted by Gasteiger charge is -2.30. The van der Waals surface area contributed by atoms with Crippen LogP contribution in [-0.2, 0) is 15.9 Å². The molecular formula is C21H20O7. The van der Waals surface area contributed by atoms with Gasteiger partial charge < -0.3 is 28.8 Å². The summed E-state index contributed by atoms with van der Waals surface area (Å²) in [6.45, 7) is 6.06. The van der Waals surface area contributed by atoms with Gasteiger partial charge in [0.2, 0.25) is 5.43 Å². The molecule has 0 bridgehead atoms. The monoisotopic (exact) mass is 384 g/mol. The van der Waals surface area contributed by atoms with Crippen molar-refractivity contribution in [1.29, 1.82) is 0 Å². The maximum absolute atomic E-state index is 12.9. The Bertz CT molecular complexity index is 1190. The van der Waals surface area contributed by atoms with Gasteiger partial charge in [-0.05, 0) is 32.9 Å². The van der Waals surface area contributed by atoms with Crippen molar-refractivity contribution in [2.75, 3.05) is 6.61 Å². The van der Waals surface area contributed by atoms with Crippen LogP contribution in [0.3, 0.4) is 0 Å². The second-order valence-corrected chi connectivity index (χ2v) is 8.10. The number of fused-ring (bicyclic) bond motifs is 4. The number of aromatic hydroxyl groups is 2. The summed E-state index contributed by atoms with van der Waals surface area (Å²) >= 11 is 0. The molecule has 1 saturated heterocycles. The minimum atomic E-state index is -0.688. The fraction of sp³-hybridized carbons (Fsp3) is 0.381. The molecule has 0 amide bonds. The zero-order valence-corrected chi connectivity index (χ0v) is 15.7. The molecule has 0 aliphatic carbocycles. The summed E-state index contributed by atoms with van der Waals surface area (Å²) < 4.78 is 23.9. The summed E-state index contributed by atoms with van der Waals surface area (Å²) in [4.78, 5) is 12.9. The fourth-order valence-corrected chi connectivity index (χ4v) is 4.17. The van der Waals surface area contributed by atoms with Crippen LogP contribution in [0, 0.1) is 0 Å². The molecule has 3 heterocycles. The Balaban J connectivity index is 1.66. The van der Waals surface area contributed by atoms with Gasteiger partial charge in [0.05, 0.1) is 12.0 Å². The van der Waals surface area contributed by atoms with Crippen molar-refractivity contribution in [1.82, 2.24) is 0 Å². The highest BCUT2D eigenvalue weighted by Gasteiger charge is 2.50. The largest absolute Gasteiger partial charge is 0.508 e. The Morgan fingerprint density at radius 1 is 1.14 bits per heavy atom. The van der Waals surface area contributed by atoms with Gasteiger partial charge >= 0.3 is 0 Å². The summed E-state index contributed by atoms with van der Waals surface area (Å²) in [6, 6.07) is 5.81. The Hall–Kier alpha value is -2.77. The third kappa shape index (κ3) is 2.40. The third-order valence-electron chi connectivity index (χ3n) is 5.49. The zero-order valence-electron chi connectivity index (χ0n) is 15.7. The van der Waals surface area contributed by atoms with Crippen LogP contribution in [0.5, 0.6) is 17.2 Å². The van der Waals surface area contributed by atoms with Crippen LogP contribution < -0.4 is 10.2 Å². The predicted molar refractivity (Wildman–Crippen MR) is 101 cm³/mol. The third-order valence-corrected chi connectivity index (χ3v) is 5.49. The fourth-order valence-electron chi connectivity index (χ4n) is 4.17. The molecule has 0 spiro atoms. The molecule has 1 fully saturated rings. The SMILES string of the molecule is CC1(C)OCC(C)([C@H]2Cc3c(ccc4c(=O)c5c(O)cc(O)cc5oc34)O2)O1. The van der Waals surface area contributed by atoms with Crippen LogP contribution in [0.2, 0.25) is 0 Å². The lowest BCUT2D eigenvalue weighted by molar-refractivity contribution is -0.173. The van der Waals surface area contributed by atoms with Gasteiger partial charge in [0, 0.05) is 24.1 Å². The van der Waals surface area contributed by atoms with E-state index in [2.05, 4.69) is 0 Å². The average Bonchev–Trinajstić information content (AvgIpc) is 3.16. The molecule has 5 rings (SSSR count). The predicted octanol–water partition coefficient (Wildman–Crippen LogP) is 3.20. The van der Waals surface area contributed by atoms with Crippen LogP contribution in [0.1, 0.15) is 26.3 Å². The first-order valence-corrected chi connectivity index (χ1v) is 9.12. The van der Waals surface area contributed by atoms with Crippen LogP contribution in [0.15, 0.2) is 33.5 Å². The Kier molecular flexibility index (Phi) is 3.34. The van der Waals surface area contributed by atoms with Gasteiger partial charge in [0.25, 0.3) is 0 Å². The quantitative estimate of drug-likeness (QED) is 0.622. The van der Waals surface area contributed by atoms with E-state index in [0.29, 0.717) is 29.7 Å². The Labute approximate surface area is 160 Å². The molecule has 0 radical (unpaired) electrons. The number of rotatable bonds is 1. The average molecular weight is 384 g/mol. The molecule has 2 aliphatic heterocycles. The van der Waals surface area contributed by atoms with Crippen LogP contribution >= 0.6 is 0 Å². The molecule has 7 nitrogen and oxygen atoms in total. The van der Waals surface area contributed by atoms with Crippen molar-refractivity contribution in [2.45, 2.75) is 44.7 Å². The van der Waals surface area contributed by atoms with Crippen LogP contribution in [0.4, 0.5) is 0 Å². The number of phenolic OH excluding ortho intramolecular Hbond substituents is 2. The minimum absolute atomic E-state index is 0.0435. The van der Waals surface area contributed by atoms with Gasteiger partial charge in [-0.3, -0.25) is 4.79 Å². The summed E-state index contributed by atoms with van der Waals surface area (Å²) in [5.41, 5.74) is 0.290. The highest BCUT2D eigenvalue weighted by Crippen LogP contribution is 2.43. The minimum Gasteiger partial charge on any atom is -0.508 e. The van der Waals surface area contributed by atoms with Gasteiger partial charge in [0.1, 0.15) is 45.5 Å².